The fourth-order valence-electron chi connectivity index (χ4n) is 3.18. The molecular weight excluding hydrogens is 222 g/mol. The average Bonchev–Trinajstić information content (AvgIpc) is 2.81. The number of nitrogens with zero attached hydrogens (tertiary/aromatic N) is 1. The fraction of sp³-hybridized carbons (Fsp3) is 0.538. The van der Waals surface area contributed by atoms with E-state index in [1.165, 1.54) is 0 Å². The number of halogens is 2. The molecule has 2 fully saturated rings. The fourth-order valence-corrected chi connectivity index (χ4v) is 3.18. The summed E-state index contributed by atoms with van der Waals surface area (Å²) in [6.07, 6.45) is 0.696. The van der Waals surface area contributed by atoms with Gasteiger partial charge in [0, 0.05) is 25.4 Å². The first kappa shape index (κ1) is 10.8. The third-order valence-corrected chi connectivity index (χ3v) is 4.11. The first-order valence-corrected chi connectivity index (χ1v) is 6.05. The molecule has 2 aliphatic rings. The summed E-state index contributed by atoms with van der Waals surface area (Å²) in [5, 5.41) is 0. The van der Waals surface area contributed by atoms with E-state index in [4.69, 9.17) is 5.73 Å². The Morgan fingerprint density at radius 3 is 2.71 bits per heavy atom. The topological polar surface area (TPSA) is 29.3 Å². The largest absolute Gasteiger partial charge is 0.397 e. The SMILES string of the molecule is Nc1ccccc1N1C[C@H]2CCC(F)(F)[C@H]2C1. The summed E-state index contributed by atoms with van der Waals surface area (Å²) in [6, 6.07) is 7.50. The van der Waals surface area contributed by atoms with Crippen molar-refractivity contribution < 1.29 is 8.78 Å². The zero-order chi connectivity index (χ0) is 12.0. The standard InChI is InChI=1S/C13H16F2N2/c14-13(15)6-5-9-7-17(8-10(9)13)12-4-2-1-3-11(12)16/h1-4,9-10H,5-8,16H2/t9-,10+/m1/s1. The molecule has 1 aliphatic carbocycles. The zero-order valence-corrected chi connectivity index (χ0v) is 9.57. The molecule has 1 saturated heterocycles. The second-order valence-electron chi connectivity index (χ2n) is 5.13. The maximum absolute atomic E-state index is 13.6. The number of nitrogen functional groups attached to an aromatic ring is 1. The first-order chi connectivity index (χ1) is 8.08. The molecule has 3 rings (SSSR count). The summed E-state index contributed by atoms with van der Waals surface area (Å²) in [4.78, 5) is 2.01. The van der Waals surface area contributed by atoms with Gasteiger partial charge >= 0.3 is 0 Å². The number of nitrogens with two attached hydrogens (primary N) is 1. The second kappa shape index (κ2) is 3.59. The molecule has 0 radical (unpaired) electrons. The van der Waals surface area contributed by atoms with Crippen molar-refractivity contribution >= 4 is 11.4 Å². The smallest absolute Gasteiger partial charge is 0.252 e. The number of rotatable bonds is 1. The van der Waals surface area contributed by atoms with E-state index in [1.807, 2.05) is 29.2 Å². The van der Waals surface area contributed by atoms with Gasteiger partial charge < -0.3 is 10.6 Å². The Morgan fingerprint density at radius 1 is 1.24 bits per heavy atom. The Kier molecular flexibility index (Phi) is 2.28. The van der Waals surface area contributed by atoms with Crippen molar-refractivity contribution in [2.45, 2.75) is 18.8 Å². The van der Waals surface area contributed by atoms with Crippen molar-refractivity contribution in [3.05, 3.63) is 24.3 Å². The van der Waals surface area contributed by atoms with E-state index in [2.05, 4.69) is 0 Å². The van der Waals surface area contributed by atoms with E-state index >= 15 is 0 Å². The Hall–Kier alpha value is -1.32. The summed E-state index contributed by atoms with van der Waals surface area (Å²) in [6.45, 7) is 1.15. The average molecular weight is 238 g/mol. The highest BCUT2D eigenvalue weighted by atomic mass is 19.3. The molecule has 0 amide bonds. The van der Waals surface area contributed by atoms with E-state index in [0.29, 0.717) is 25.2 Å². The lowest BCUT2D eigenvalue weighted by atomic mass is 9.99. The highest BCUT2D eigenvalue weighted by Gasteiger charge is 2.53. The van der Waals surface area contributed by atoms with E-state index < -0.39 is 11.8 Å². The predicted molar refractivity (Wildman–Crippen MR) is 64.2 cm³/mol. The van der Waals surface area contributed by atoms with Crippen LogP contribution in [-0.2, 0) is 0 Å². The van der Waals surface area contributed by atoms with Gasteiger partial charge in [-0.25, -0.2) is 8.78 Å². The summed E-state index contributed by atoms with van der Waals surface area (Å²) in [7, 11) is 0. The molecule has 0 aromatic heterocycles. The minimum absolute atomic E-state index is 0.0560. The minimum Gasteiger partial charge on any atom is -0.397 e. The van der Waals surface area contributed by atoms with Gasteiger partial charge in [0.2, 0.25) is 0 Å². The van der Waals surface area contributed by atoms with Crippen molar-refractivity contribution in [3.63, 3.8) is 0 Å². The van der Waals surface area contributed by atoms with Gasteiger partial charge in [-0.3, -0.25) is 0 Å². The predicted octanol–water partition coefficient (Wildman–Crippen LogP) is 2.75. The Labute approximate surface area is 99.4 Å². The molecule has 4 heteroatoms. The Balaban J connectivity index is 1.84. The molecule has 92 valence electrons. The maximum atomic E-state index is 13.6. The molecule has 1 aliphatic heterocycles. The zero-order valence-electron chi connectivity index (χ0n) is 9.57. The van der Waals surface area contributed by atoms with Gasteiger partial charge in [0.1, 0.15) is 0 Å². The van der Waals surface area contributed by atoms with Crippen molar-refractivity contribution in [2.75, 3.05) is 23.7 Å². The van der Waals surface area contributed by atoms with Gasteiger partial charge in [0.05, 0.1) is 11.4 Å². The van der Waals surface area contributed by atoms with Crippen molar-refractivity contribution in [3.8, 4) is 0 Å². The lowest BCUT2D eigenvalue weighted by molar-refractivity contribution is -0.0351. The Bertz CT molecular complexity index is 433. The molecule has 1 saturated carbocycles. The number of anilines is 2. The van der Waals surface area contributed by atoms with Crippen LogP contribution in [-0.4, -0.2) is 19.0 Å². The Morgan fingerprint density at radius 2 is 2.00 bits per heavy atom. The van der Waals surface area contributed by atoms with Crippen LogP contribution < -0.4 is 10.6 Å². The first-order valence-electron chi connectivity index (χ1n) is 6.05. The van der Waals surface area contributed by atoms with E-state index in [9.17, 15) is 8.78 Å². The van der Waals surface area contributed by atoms with Crippen LogP contribution in [0, 0.1) is 11.8 Å². The molecule has 2 atom stereocenters. The van der Waals surface area contributed by atoms with Crippen molar-refractivity contribution in [1.82, 2.24) is 0 Å². The summed E-state index contributed by atoms with van der Waals surface area (Å²) in [5.74, 6) is -2.84. The summed E-state index contributed by atoms with van der Waals surface area (Å²) >= 11 is 0. The molecule has 1 aromatic carbocycles. The number of fused-ring (bicyclic) bond motifs is 1. The molecule has 2 nitrogen and oxygen atoms in total. The van der Waals surface area contributed by atoms with Crippen LogP contribution in [0.3, 0.4) is 0 Å². The van der Waals surface area contributed by atoms with Crippen molar-refractivity contribution in [1.29, 1.82) is 0 Å². The maximum Gasteiger partial charge on any atom is 0.252 e. The normalized spacial score (nSPS) is 30.6. The monoisotopic (exact) mass is 238 g/mol. The van der Waals surface area contributed by atoms with Crippen LogP contribution in [0.5, 0.6) is 0 Å². The number of benzene rings is 1. The minimum atomic E-state index is -2.48. The lowest BCUT2D eigenvalue weighted by Crippen LogP contribution is -2.29. The quantitative estimate of drug-likeness (QED) is 0.762. The molecule has 1 aromatic rings. The van der Waals surface area contributed by atoms with E-state index in [1.54, 1.807) is 0 Å². The third kappa shape index (κ3) is 1.66. The van der Waals surface area contributed by atoms with Gasteiger partial charge in [-0.05, 0) is 24.5 Å². The van der Waals surface area contributed by atoms with Crippen LogP contribution in [0.15, 0.2) is 24.3 Å². The highest BCUT2D eigenvalue weighted by Crippen LogP contribution is 2.49. The molecule has 17 heavy (non-hydrogen) atoms. The molecule has 0 spiro atoms. The van der Waals surface area contributed by atoms with Gasteiger partial charge in [0.25, 0.3) is 5.92 Å². The van der Waals surface area contributed by atoms with Crippen LogP contribution in [0.25, 0.3) is 0 Å². The second-order valence-corrected chi connectivity index (χ2v) is 5.13. The van der Waals surface area contributed by atoms with Gasteiger partial charge in [-0.15, -0.1) is 0 Å². The van der Waals surface area contributed by atoms with E-state index in [0.717, 1.165) is 5.69 Å². The van der Waals surface area contributed by atoms with Crippen LogP contribution in [0.2, 0.25) is 0 Å². The van der Waals surface area contributed by atoms with Crippen LogP contribution in [0.4, 0.5) is 20.2 Å². The van der Waals surface area contributed by atoms with Gasteiger partial charge in [-0.1, -0.05) is 12.1 Å². The number of hydrogen-bond donors (Lipinski definition) is 1. The molecule has 2 N–H and O–H groups in total. The van der Waals surface area contributed by atoms with E-state index in [-0.39, 0.29) is 12.3 Å². The summed E-state index contributed by atoms with van der Waals surface area (Å²) < 4.78 is 27.3. The molecule has 0 bridgehead atoms. The number of para-hydroxylation sites is 2. The number of alkyl halides is 2. The highest BCUT2D eigenvalue weighted by molar-refractivity contribution is 5.67. The number of hydrogen-bond acceptors (Lipinski definition) is 2. The molecule has 1 heterocycles. The lowest BCUT2D eigenvalue weighted by Gasteiger charge is -2.23. The van der Waals surface area contributed by atoms with Crippen LogP contribution >= 0.6 is 0 Å². The third-order valence-electron chi connectivity index (χ3n) is 4.11. The van der Waals surface area contributed by atoms with Gasteiger partial charge in [0.15, 0.2) is 0 Å². The van der Waals surface area contributed by atoms with Crippen LogP contribution in [0.1, 0.15) is 12.8 Å². The molecule has 0 unspecified atom stereocenters. The van der Waals surface area contributed by atoms with Crippen molar-refractivity contribution in [2.24, 2.45) is 11.8 Å². The van der Waals surface area contributed by atoms with Gasteiger partial charge in [-0.2, -0.15) is 0 Å². The molecular formula is C13H16F2N2. The summed E-state index contributed by atoms with van der Waals surface area (Å²) in [5.41, 5.74) is 7.47.